The van der Waals surface area contributed by atoms with Gasteiger partial charge in [-0.05, 0) is 37.5 Å². The summed E-state index contributed by atoms with van der Waals surface area (Å²) in [5, 5.41) is 3.38. The van der Waals surface area contributed by atoms with Gasteiger partial charge in [0.2, 0.25) is 0 Å². The number of methoxy groups -OCH3 is 1. The first-order chi connectivity index (χ1) is 15.8. The van der Waals surface area contributed by atoms with Crippen molar-refractivity contribution in [2.75, 3.05) is 46.4 Å². The second kappa shape index (κ2) is 9.36. The lowest BCUT2D eigenvalue weighted by Gasteiger charge is -2.35. The molecular weight excluding hydrogens is 430 g/mol. The van der Waals surface area contributed by atoms with Gasteiger partial charge in [-0.3, -0.25) is 24.7 Å². The number of hydrogen-bond acceptors (Lipinski definition) is 7. The minimum Gasteiger partial charge on any atom is -0.497 e. The molecule has 0 radical (unpaired) electrons. The van der Waals surface area contributed by atoms with Crippen LogP contribution >= 0.6 is 0 Å². The van der Waals surface area contributed by atoms with E-state index in [1.807, 2.05) is 4.90 Å². The number of rotatable bonds is 6. The zero-order chi connectivity index (χ0) is 23.6. The van der Waals surface area contributed by atoms with Crippen LogP contribution in [0.25, 0.3) is 0 Å². The van der Waals surface area contributed by atoms with Crippen molar-refractivity contribution in [2.24, 2.45) is 0 Å². The average molecular weight is 460 g/mol. The highest BCUT2D eigenvalue weighted by atomic mass is 16.5. The average Bonchev–Trinajstić information content (AvgIpc) is 3.43. The fraction of sp³-hybridized carbons (Fsp3) is 0.545. The van der Waals surface area contributed by atoms with Gasteiger partial charge in [-0.15, -0.1) is 0 Å². The summed E-state index contributed by atoms with van der Waals surface area (Å²) in [5.74, 6) is -0.412. The molecule has 178 valence electrons. The van der Waals surface area contributed by atoms with Gasteiger partial charge < -0.3 is 19.7 Å². The maximum Gasteiger partial charge on any atom is 0.344 e. The SMILES string of the molecule is COc1ccc(C2(C)NC(=O)N(NC(=O)CN3CCN(C(=O)C4CCCO4)CC3)C2=O)cc1. The van der Waals surface area contributed by atoms with Crippen LogP contribution in [0.5, 0.6) is 5.75 Å². The van der Waals surface area contributed by atoms with E-state index in [0.717, 1.165) is 17.9 Å². The molecule has 2 N–H and O–H groups in total. The number of nitrogens with zero attached hydrogens (tertiary/aromatic N) is 3. The number of piperazine rings is 1. The van der Waals surface area contributed by atoms with Gasteiger partial charge in [0.1, 0.15) is 17.4 Å². The molecule has 3 aliphatic rings. The zero-order valence-corrected chi connectivity index (χ0v) is 18.8. The molecule has 0 saturated carbocycles. The standard InChI is InChI=1S/C22H29N5O6/c1-22(15-5-7-16(32-2)8-6-15)20(30)27(21(31)23-22)24-18(28)14-25-9-11-26(12-10-25)19(29)17-4-3-13-33-17/h5-8,17H,3-4,9-14H2,1-2H3,(H,23,31)(H,24,28). The Labute approximate surface area is 191 Å². The van der Waals surface area contributed by atoms with Gasteiger partial charge in [0.15, 0.2) is 0 Å². The Bertz CT molecular complexity index is 924. The molecule has 3 fully saturated rings. The van der Waals surface area contributed by atoms with Crippen LogP contribution < -0.4 is 15.5 Å². The van der Waals surface area contributed by atoms with Crippen molar-refractivity contribution in [3.05, 3.63) is 29.8 Å². The van der Waals surface area contributed by atoms with Crippen LogP contribution in [-0.4, -0.2) is 91.1 Å². The zero-order valence-electron chi connectivity index (χ0n) is 18.8. The van der Waals surface area contributed by atoms with Crippen molar-refractivity contribution >= 4 is 23.8 Å². The quantitative estimate of drug-likeness (QED) is 0.566. The Balaban J connectivity index is 1.30. The number of imide groups is 1. The minimum absolute atomic E-state index is 0.00811. The largest absolute Gasteiger partial charge is 0.497 e. The van der Waals surface area contributed by atoms with E-state index in [1.165, 1.54) is 7.11 Å². The fourth-order valence-corrected chi connectivity index (χ4v) is 4.33. The molecule has 11 nitrogen and oxygen atoms in total. The molecule has 0 bridgehead atoms. The minimum atomic E-state index is -1.30. The van der Waals surface area contributed by atoms with E-state index in [4.69, 9.17) is 9.47 Å². The maximum atomic E-state index is 13.0. The van der Waals surface area contributed by atoms with Crippen LogP contribution in [-0.2, 0) is 24.7 Å². The summed E-state index contributed by atoms with van der Waals surface area (Å²) < 4.78 is 10.6. The second-order valence-electron chi connectivity index (χ2n) is 8.56. The maximum absolute atomic E-state index is 13.0. The number of benzene rings is 1. The summed E-state index contributed by atoms with van der Waals surface area (Å²) in [6.45, 7) is 4.28. The van der Waals surface area contributed by atoms with Crippen molar-refractivity contribution in [1.82, 2.24) is 25.6 Å². The van der Waals surface area contributed by atoms with Crippen LogP contribution in [0.1, 0.15) is 25.3 Å². The van der Waals surface area contributed by atoms with Gasteiger partial charge in [-0.25, -0.2) is 4.79 Å². The molecule has 3 heterocycles. The Morgan fingerprint density at radius 2 is 1.88 bits per heavy atom. The van der Waals surface area contributed by atoms with Gasteiger partial charge in [0, 0.05) is 32.8 Å². The summed E-state index contributed by atoms with van der Waals surface area (Å²) in [6, 6.07) is 6.09. The number of urea groups is 1. The van der Waals surface area contributed by atoms with Gasteiger partial charge in [-0.2, -0.15) is 5.01 Å². The highest BCUT2D eigenvalue weighted by molar-refractivity contribution is 6.08. The summed E-state index contributed by atoms with van der Waals surface area (Å²) in [4.78, 5) is 54.1. The second-order valence-corrected chi connectivity index (χ2v) is 8.56. The van der Waals surface area contributed by atoms with E-state index in [1.54, 1.807) is 36.1 Å². The van der Waals surface area contributed by atoms with Crippen molar-refractivity contribution in [3.8, 4) is 5.75 Å². The number of hydrogen-bond donors (Lipinski definition) is 2. The monoisotopic (exact) mass is 459 g/mol. The molecule has 0 aliphatic carbocycles. The lowest BCUT2D eigenvalue weighted by atomic mass is 9.92. The molecule has 11 heteroatoms. The van der Waals surface area contributed by atoms with E-state index >= 15 is 0 Å². The van der Waals surface area contributed by atoms with E-state index in [2.05, 4.69) is 10.7 Å². The molecule has 2 atom stereocenters. The van der Waals surface area contributed by atoms with Crippen LogP contribution in [0.2, 0.25) is 0 Å². The third kappa shape index (κ3) is 4.64. The van der Waals surface area contributed by atoms with Gasteiger partial charge in [0.05, 0.1) is 13.7 Å². The van der Waals surface area contributed by atoms with Crippen LogP contribution in [0.4, 0.5) is 4.79 Å². The van der Waals surface area contributed by atoms with Crippen LogP contribution in [0, 0.1) is 0 Å². The Kier molecular flexibility index (Phi) is 6.52. The smallest absolute Gasteiger partial charge is 0.344 e. The number of amides is 5. The lowest BCUT2D eigenvalue weighted by Crippen LogP contribution is -2.55. The Hall–Kier alpha value is -3.18. The molecule has 33 heavy (non-hydrogen) atoms. The fourth-order valence-electron chi connectivity index (χ4n) is 4.33. The molecule has 0 spiro atoms. The normalized spacial score (nSPS) is 25.8. The van der Waals surface area contributed by atoms with Crippen molar-refractivity contribution in [1.29, 1.82) is 0 Å². The topological polar surface area (TPSA) is 121 Å². The predicted octanol–water partition coefficient (Wildman–Crippen LogP) is -0.183. The van der Waals surface area contributed by atoms with E-state index in [-0.39, 0.29) is 18.6 Å². The number of carbonyl (C=O) groups is 4. The van der Waals surface area contributed by atoms with Crippen LogP contribution in [0.15, 0.2) is 24.3 Å². The molecule has 0 aromatic heterocycles. The van der Waals surface area contributed by atoms with Gasteiger partial charge >= 0.3 is 6.03 Å². The number of nitrogens with one attached hydrogen (secondary N) is 2. The van der Waals surface area contributed by atoms with Crippen LogP contribution in [0.3, 0.4) is 0 Å². The third-order valence-electron chi connectivity index (χ3n) is 6.35. The van der Waals surface area contributed by atoms with Crippen molar-refractivity contribution in [2.45, 2.75) is 31.4 Å². The molecule has 1 aromatic rings. The molecule has 2 unspecified atom stereocenters. The number of carbonyl (C=O) groups excluding carboxylic acids is 4. The Morgan fingerprint density at radius 3 is 2.48 bits per heavy atom. The van der Waals surface area contributed by atoms with E-state index in [0.29, 0.717) is 44.1 Å². The van der Waals surface area contributed by atoms with Crippen molar-refractivity contribution < 1.29 is 28.7 Å². The first-order valence-corrected chi connectivity index (χ1v) is 11.1. The number of ether oxygens (including phenoxy) is 2. The van der Waals surface area contributed by atoms with E-state index < -0.39 is 23.4 Å². The summed E-state index contributed by atoms with van der Waals surface area (Å²) in [6.07, 6.45) is 1.30. The van der Waals surface area contributed by atoms with Gasteiger partial charge in [-0.1, -0.05) is 12.1 Å². The van der Waals surface area contributed by atoms with Crippen molar-refractivity contribution in [3.63, 3.8) is 0 Å². The Morgan fingerprint density at radius 1 is 1.18 bits per heavy atom. The first kappa shape index (κ1) is 23.0. The summed E-state index contributed by atoms with van der Waals surface area (Å²) in [7, 11) is 1.54. The predicted molar refractivity (Wildman–Crippen MR) is 116 cm³/mol. The first-order valence-electron chi connectivity index (χ1n) is 11.1. The summed E-state index contributed by atoms with van der Waals surface area (Å²) >= 11 is 0. The molecule has 3 saturated heterocycles. The summed E-state index contributed by atoms with van der Waals surface area (Å²) in [5.41, 5.74) is 1.69. The van der Waals surface area contributed by atoms with Gasteiger partial charge in [0.25, 0.3) is 17.7 Å². The third-order valence-corrected chi connectivity index (χ3v) is 6.35. The molecule has 4 rings (SSSR count). The highest BCUT2D eigenvalue weighted by Crippen LogP contribution is 2.29. The molecule has 1 aromatic carbocycles. The molecular formula is C22H29N5O6. The van der Waals surface area contributed by atoms with E-state index in [9.17, 15) is 19.2 Å². The lowest BCUT2D eigenvalue weighted by molar-refractivity contribution is -0.143. The number of hydrazine groups is 1. The molecule has 5 amide bonds. The molecule has 3 aliphatic heterocycles. The highest BCUT2D eigenvalue weighted by Gasteiger charge is 2.50.